The Bertz CT molecular complexity index is 1620. The highest BCUT2D eigenvalue weighted by molar-refractivity contribution is 6.01. The average molecular weight is 601 g/mol. The molecule has 0 fully saturated rings. The van der Waals surface area contributed by atoms with Gasteiger partial charge in [0, 0.05) is 36.1 Å². The van der Waals surface area contributed by atoms with Gasteiger partial charge in [-0.05, 0) is 47.0 Å². The number of fused-ring (bicyclic) bond motifs is 2. The first-order chi connectivity index (χ1) is 21.2. The van der Waals surface area contributed by atoms with Crippen LogP contribution in [-0.4, -0.2) is 91.8 Å². The summed E-state index contributed by atoms with van der Waals surface area (Å²) in [5, 5.41) is 28.5. The van der Waals surface area contributed by atoms with Crippen molar-refractivity contribution >= 4 is 40.0 Å². The number of rotatable bonds is 8. The minimum absolute atomic E-state index is 0.00717. The van der Waals surface area contributed by atoms with Gasteiger partial charge in [-0.15, -0.1) is 5.10 Å². The molecule has 0 unspecified atom stereocenters. The monoisotopic (exact) mass is 600 g/mol. The molecule has 3 aromatic carbocycles. The summed E-state index contributed by atoms with van der Waals surface area (Å²) >= 11 is 0. The molecule has 4 amide bonds. The fourth-order valence-electron chi connectivity index (χ4n) is 5.22. The van der Waals surface area contributed by atoms with Crippen molar-refractivity contribution in [3.8, 4) is 5.75 Å². The molecule has 3 atom stereocenters. The van der Waals surface area contributed by atoms with Crippen LogP contribution in [0.25, 0.3) is 10.8 Å². The zero-order valence-electron chi connectivity index (χ0n) is 24.9. The number of carbonyl (C=O) groups excluding carboxylic acids is 3. The van der Waals surface area contributed by atoms with Crippen LogP contribution in [0.15, 0.2) is 67.0 Å². The van der Waals surface area contributed by atoms with Crippen molar-refractivity contribution in [1.29, 1.82) is 0 Å². The van der Waals surface area contributed by atoms with Gasteiger partial charge in [-0.2, -0.15) is 0 Å². The van der Waals surface area contributed by atoms with Crippen LogP contribution in [0.3, 0.4) is 0 Å². The molecule has 13 heteroatoms. The Morgan fingerprint density at radius 3 is 2.70 bits per heavy atom. The number of tetrazole rings is 1. The number of hydrogen-bond acceptors (Lipinski definition) is 8. The number of amides is 4. The van der Waals surface area contributed by atoms with E-state index < -0.39 is 12.1 Å². The number of aliphatic hydroxyl groups is 1. The summed E-state index contributed by atoms with van der Waals surface area (Å²) in [6.07, 6.45) is 0.859. The first-order valence-electron chi connectivity index (χ1n) is 14.4. The van der Waals surface area contributed by atoms with Crippen LogP contribution in [0.4, 0.5) is 16.2 Å². The first-order valence-corrected chi connectivity index (χ1v) is 14.4. The molecule has 13 nitrogen and oxygen atoms in total. The highest BCUT2D eigenvalue weighted by Crippen LogP contribution is 2.30. The minimum Gasteiger partial charge on any atom is -0.488 e. The van der Waals surface area contributed by atoms with E-state index in [4.69, 9.17) is 4.74 Å². The maximum absolute atomic E-state index is 13.5. The van der Waals surface area contributed by atoms with E-state index in [1.54, 1.807) is 42.0 Å². The van der Waals surface area contributed by atoms with Gasteiger partial charge in [0.05, 0.1) is 31.3 Å². The van der Waals surface area contributed by atoms with Crippen LogP contribution in [-0.2, 0) is 22.6 Å². The second kappa shape index (κ2) is 13.5. The van der Waals surface area contributed by atoms with Crippen molar-refractivity contribution in [2.45, 2.75) is 39.0 Å². The Kier molecular flexibility index (Phi) is 9.34. The van der Waals surface area contributed by atoms with E-state index in [1.807, 2.05) is 49.4 Å². The molecule has 3 N–H and O–H groups in total. The number of nitrogens with zero attached hydrogens (tertiary/aromatic N) is 6. The molecule has 0 bridgehead atoms. The van der Waals surface area contributed by atoms with Crippen molar-refractivity contribution in [3.63, 3.8) is 0 Å². The van der Waals surface area contributed by atoms with Crippen molar-refractivity contribution < 1.29 is 24.2 Å². The Morgan fingerprint density at radius 2 is 1.93 bits per heavy atom. The number of ether oxygens (including phenoxy) is 1. The molecule has 4 aromatic rings. The van der Waals surface area contributed by atoms with E-state index in [9.17, 15) is 19.5 Å². The van der Waals surface area contributed by atoms with E-state index >= 15 is 0 Å². The molecule has 1 aliphatic rings. The molecule has 44 heavy (non-hydrogen) atoms. The van der Waals surface area contributed by atoms with E-state index in [-0.39, 0.29) is 49.9 Å². The van der Waals surface area contributed by atoms with Crippen LogP contribution in [0.2, 0.25) is 0 Å². The second-order valence-corrected chi connectivity index (χ2v) is 11.1. The Labute approximate surface area is 254 Å². The summed E-state index contributed by atoms with van der Waals surface area (Å²) in [6, 6.07) is 18.0. The second-order valence-electron chi connectivity index (χ2n) is 11.1. The summed E-state index contributed by atoms with van der Waals surface area (Å²) in [5.74, 6) is -0.228. The SMILES string of the molecule is C[C@H]1CN([C@@H](C)CO)C(=O)Cc2cc(NC(=O)Cn3cnnn3)ccc2O[C@@H]1CN(C)C(=O)Nc1cccc2ccccc12. The summed E-state index contributed by atoms with van der Waals surface area (Å²) in [6.45, 7) is 4.04. The third-order valence-electron chi connectivity index (χ3n) is 7.73. The van der Waals surface area contributed by atoms with E-state index in [2.05, 4.69) is 26.2 Å². The Hall–Kier alpha value is -5.04. The zero-order chi connectivity index (χ0) is 31.2. The van der Waals surface area contributed by atoms with Crippen LogP contribution in [0.1, 0.15) is 19.4 Å². The van der Waals surface area contributed by atoms with Crippen molar-refractivity contribution in [3.05, 3.63) is 72.6 Å². The normalized spacial score (nSPS) is 17.5. The number of aliphatic hydroxyl groups excluding tert-OH is 1. The van der Waals surface area contributed by atoms with Gasteiger partial charge in [-0.1, -0.05) is 43.3 Å². The number of nitrogens with one attached hydrogen (secondary N) is 2. The summed E-state index contributed by atoms with van der Waals surface area (Å²) < 4.78 is 7.82. The molecule has 1 aliphatic heterocycles. The molecule has 2 heterocycles. The van der Waals surface area contributed by atoms with Crippen molar-refractivity contribution in [2.24, 2.45) is 5.92 Å². The number of hydrogen-bond donors (Lipinski definition) is 3. The van der Waals surface area contributed by atoms with Crippen molar-refractivity contribution in [1.82, 2.24) is 30.0 Å². The fraction of sp³-hybridized carbons (Fsp3) is 0.355. The van der Waals surface area contributed by atoms with Crippen LogP contribution in [0.5, 0.6) is 5.75 Å². The van der Waals surface area contributed by atoms with Gasteiger partial charge < -0.3 is 30.3 Å². The highest BCUT2D eigenvalue weighted by atomic mass is 16.5. The van der Waals surface area contributed by atoms with Crippen molar-refractivity contribution in [2.75, 3.05) is 37.4 Å². The molecule has 0 saturated carbocycles. The Balaban J connectivity index is 1.37. The lowest BCUT2D eigenvalue weighted by atomic mass is 10.0. The number of urea groups is 1. The molecular formula is C31H36N8O5. The smallest absolute Gasteiger partial charge is 0.321 e. The molecule has 0 spiro atoms. The standard InChI is InChI=1S/C31H36N8O5/c1-20-15-39(21(2)18-40)30(42)14-23-13-24(33-29(41)17-38-19-32-35-36-38)11-12-27(23)44-28(20)16-37(3)31(43)34-26-10-6-8-22-7-4-5-9-25(22)26/h4-13,19-21,28,40H,14-18H2,1-3H3,(H,33,41)(H,34,43)/t20-,21-,28+/m0/s1. The van der Waals surface area contributed by atoms with Gasteiger partial charge in [-0.25, -0.2) is 9.48 Å². The highest BCUT2D eigenvalue weighted by Gasteiger charge is 2.32. The number of aromatic nitrogens is 4. The van der Waals surface area contributed by atoms with Crippen LogP contribution in [0, 0.1) is 5.92 Å². The molecular weight excluding hydrogens is 564 g/mol. The number of benzene rings is 3. The number of anilines is 2. The average Bonchev–Trinajstić information content (AvgIpc) is 3.53. The maximum Gasteiger partial charge on any atom is 0.321 e. The maximum atomic E-state index is 13.5. The predicted molar refractivity (Wildman–Crippen MR) is 164 cm³/mol. The van der Waals surface area contributed by atoms with Gasteiger partial charge in [0.1, 0.15) is 24.7 Å². The first kappa shape index (κ1) is 30.4. The molecule has 230 valence electrons. The number of likely N-dealkylation sites (N-methyl/N-ethyl adjacent to an activating group) is 1. The van der Waals surface area contributed by atoms with E-state index in [0.717, 1.165) is 10.8 Å². The summed E-state index contributed by atoms with van der Waals surface area (Å²) in [5.41, 5.74) is 1.76. The molecule has 0 aliphatic carbocycles. The lowest BCUT2D eigenvalue weighted by molar-refractivity contribution is -0.134. The molecule has 0 radical (unpaired) electrons. The van der Waals surface area contributed by atoms with Crippen LogP contribution >= 0.6 is 0 Å². The van der Waals surface area contributed by atoms with Gasteiger partial charge in [0.15, 0.2) is 0 Å². The number of carbonyl (C=O) groups is 3. The zero-order valence-corrected chi connectivity index (χ0v) is 24.9. The van der Waals surface area contributed by atoms with Gasteiger partial charge in [-0.3, -0.25) is 9.59 Å². The van der Waals surface area contributed by atoms with E-state index in [0.29, 0.717) is 29.2 Å². The summed E-state index contributed by atoms with van der Waals surface area (Å²) in [7, 11) is 1.70. The topological polar surface area (TPSA) is 155 Å². The fourth-order valence-corrected chi connectivity index (χ4v) is 5.22. The lowest BCUT2D eigenvalue weighted by Gasteiger charge is -2.34. The van der Waals surface area contributed by atoms with Gasteiger partial charge >= 0.3 is 6.03 Å². The lowest BCUT2D eigenvalue weighted by Crippen LogP contribution is -2.48. The molecule has 5 rings (SSSR count). The minimum atomic E-state index is -0.489. The largest absolute Gasteiger partial charge is 0.488 e. The summed E-state index contributed by atoms with van der Waals surface area (Å²) in [4.78, 5) is 42.6. The Morgan fingerprint density at radius 1 is 1.14 bits per heavy atom. The van der Waals surface area contributed by atoms with E-state index in [1.165, 1.54) is 11.0 Å². The predicted octanol–water partition coefficient (Wildman–Crippen LogP) is 2.78. The van der Waals surface area contributed by atoms with Gasteiger partial charge in [0.25, 0.3) is 0 Å². The third kappa shape index (κ3) is 7.11. The van der Waals surface area contributed by atoms with Crippen LogP contribution < -0.4 is 15.4 Å². The third-order valence-corrected chi connectivity index (χ3v) is 7.73. The molecule has 1 aromatic heterocycles. The quantitative estimate of drug-likeness (QED) is 0.279. The van der Waals surface area contributed by atoms with Gasteiger partial charge in [0.2, 0.25) is 11.8 Å². The molecule has 0 saturated heterocycles.